The van der Waals surface area contributed by atoms with Gasteiger partial charge in [-0.15, -0.1) is 0 Å². The van der Waals surface area contributed by atoms with Gasteiger partial charge in [0.1, 0.15) is 0 Å². The molecule has 3 heterocycles. The zero-order valence-electron chi connectivity index (χ0n) is 10.2. The van der Waals surface area contributed by atoms with Crippen LogP contribution in [0.3, 0.4) is 0 Å². The third-order valence-corrected chi connectivity index (χ3v) is 3.93. The monoisotopic (exact) mass is 257 g/mol. The van der Waals surface area contributed by atoms with Gasteiger partial charge in [-0.2, -0.15) is 16.4 Å². The second-order valence-corrected chi connectivity index (χ2v) is 5.09. The summed E-state index contributed by atoms with van der Waals surface area (Å²) in [7, 11) is 2.00. The van der Waals surface area contributed by atoms with Gasteiger partial charge in [-0.25, -0.2) is 4.52 Å². The van der Waals surface area contributed by atoms with Gasteiger partial charge in [0.15, 0.2) is 0 Å². The normalized spacial score (nSPS) is 12.9. The molecule has 0 bridgehead atoms. The smallest absolute Gasteiger partial charge is 0.0709 e. The summed E-state index contributed by atoms with van der Waals surface area (Å²) in [6.07, 6.45) is 4.94. The first-order chi connectivity index (χ1) is 8.88. The molecule has 3 nitrogen and oxygen atoms in total. The van der Waals surface area contributed by atoms with Gasteiger partial charge in [0, 0.05) is 17.8 Å². The highest BCUT2D eigenvalue weighted by Crippen LogP contribution is 2.23. The van der Waals surface area contributed by atoms with E-state index >= 15 is 0 Å². The Hall–Kier alpha value is -1.65. The van der Waals surface area contributed by atoms with Crippen molar-refractivity contribution in [3.05, 3.63) is 58.5 Å². The van der Waals surface area contributed by atoms with E-state index in [1.54, 1.807) is 11.3 Å². The number of hydrogen-bond donors (Lipinski definition) is 1. The van der Waals surface area contributed by atoms with Crippen molar-refractivity contribution in [2.75, 3.05) is 7.05 Å². The van der Waals surface area contributed by atoms with Crippen LogP contribution in [-0.4, -0.2) is 16.7 Å². The Morgan fingerprint density at radius 2 is 2.33 bits per heavy atom. The largest absolute Gasteiger partial charge is 0.313 e. The van der Waals surface area contributed by atoms with Gasteiger partial charge in [-0.05, 0) is 48.0 Å². The number of likely N-dealkylation sites (N-methyl/N-ethyl adjacent to an activating group) is 1. The molecule has 3 rings (SSSR count). The van der Waals surface area contributed by atoms with Crippen LogP contribution in [0, 0.1) is 0 Å². The summed E-state index contributed by atoms with van der Waals surface area (Å²) in [4.78, 5) is 0. The van der Waals surface area contributed by atoms with Crippen LogP contribution >= 0.6 is 11.3 Å². The fraction of sp³-hybridized carbons (Fsp3) is 0.214. The summed E-state index contributed by atoms with van der Waals surface area (Å²) in [6, 6.07) is 8.65. The summed E-state index contributed by atoms with van der Waals surface area (Å²) >= 11 is 1.74. The molecular weight excluding hydrogens is 242 g/mol. The number of rotatable bonds is 4. The number of pyridine rings is 1. The van der Waals surface area contributed by atoms with Gasteiger partial charge in [0.25, 0.3) is 0 Å². The van der Waals surface area contributed by atoms with Crippen LogP contribution in [0.5, 0.6) is 0 Å². The van der Waals surface area contributed by atoms with Crippen molar-refractivity contribution in [2.45, 2.75) is 12.5 Å². The SMILES string of the molecule is CNC(Cc1ccsc1)c1cnn2ccccc12. The maximum atomic E-state index is 4.40. The molecule has 4 heteroatoms. The standard InChI is InChI=1S/C14H15N3S/c1-15-13(8-11-5-7-18-10-11)12-9-16-17-6-3-2-4-14(12)17/h2-7,9-10,13,15H,8H2,1H3. The van der Waals surface area contributed by atoms with E-state index in [-0.39, 0.29) is 0 Å². The molecule has 0 spiro atoms. The number of nitrogens with zero attached hydrogens (tertiary/aromatic N) is 2. The first-order valence-corrected chi connectivity index (χ1v) is 6.93. The van der Waals surface area contributed by atoms with E-state index in [4.69, 9.17) is 0 Å². The molecule has 1 unspecified atom stereocenters. The quantitative estimate of drug-likeness (QED) is 0.778. The Labute approximate surface area is 110 Å². The zero-order valence-corrected chi connectivity index (χ0v) is 11.0. The van der Waals surface area contributed by atoms with E-state index < -0.39 is 0 Å². The number of thiophene rings is 1. The third kappa shape index (κ3) is 2.05. The van der Waals surface area contributed by atoms with E-state index in [2.05, 4.69) is 39.4 Å². The molecule has 18 heavy (non-hydrogen) atoms. The Morgan fingerprint density at radius 3 is 3.11 bits per heavy atom. The number of nitrogens with one attached hydrogen (secondary N) is 1. The lowest BCUT2D eigenvalue weighted by Crippen LogP contribution is -2.18. The highest BCUT2D eigenvalue weighted by Gasteiger charge is 2.15. The maximum absolute atomic E-state index is 4.40. The molecule has 1 atom stereocenters. The first kappa shape index (κ1) is 11.4. The number of hydrogen-bond acceptors (Lipinski definition) is 3. The van der Waals surface area contributed by atoms with Gasteiger partial charge >= 0.3 is 0 Å². The molecule has 0 aliphatic carbocycles. The van der Waals surface area contributed by atoms with E-state index in [1.165, 1.54) is 16.6 Å². The average Bonchev–Trinajstić information content (AvgIpc) is 3.05. The minimum atomic E-state index is 0.305. The zero-order chi connectivity index (χ0) is 12.4. The fourth-order valence-electron chi connectivity index (χ4n) is 2.23. The van der Waals surface area contributed by atoms with E-state index in [0.29, 0.717) is 6.04 Å². The Morgan fingerprint density at radius 1 is 1.39 bits per heavy atom. The summed E-state index contributed by atoms with van der Waals surface area (Å²) in [5.41, 5.74) is 3.80. The van der Waals surface area contributed by atoms with Crippen LogP contribution in [0.1, 0.15) is 17.2 Å². The molecular formula is C14H15N3S. The van der Waals surface area contributed by atoms with Crippen molar-refractivity contribution >= 4 is 16.9 Å². The van der Waals surface area contributed by atoms with E-state index in [1.807, 2.05) is 30.0 Å². The Kier molecular flexibility index (Phi) is 3.13. The molecule has 0 saturated carbocycles. The molecule has 92 valence electrons. The minimum Gasteiger partial charge on any atom is -0.313 e. The topological polar surface area (TPSA) is 29.3 Å². The second-order valence-electron chi connectivity index (χ2n) is 4.31. The van der Waals surface area contributed by atoms with Crippen LogP contribution in [0.4, 0.5) is 0 Å². The van der Waals surface area contributed by atoms with Crippen molar-refractivity contribution in [1.29, 1.82) is 0 Å². The lowest BCUT2D eigenvalue weighted by molar-refractivity contribution is 0.597. The maximum Gasteiger partial charge on any atom is 0.0709 e. The molecule has 0 fully saturated rings. The molecule has 1 N–H and O–H groups in total. The van der Waals surface area contributed by atoms with Crippen LogP contribution in [0.25, 0.3) is 5.52 Å². The Bertz CT molecular complexity index is 627. The van der Waals surface area contributed by atoms with Crippen LogP contribution in [0.15, 0.2) is 47.4 Å². The molecule has 0 radical (unpaired) electrons. The summed E-state index contributed by atoms with van der Waals surface area (Å²) in [5.74, 6) is 0. The van der Waals surface area contributed by atoms with Gasteiger partial charge in [-0.1, -0.05) is 6.07 Å². The number of fused-ring (bicyclic) bond motifs is 1. The first-order valence-electron chi connectivity index (χ1n) is 5.99. The van der Waals surface area contributed by atoms with Crippen LogP contribution in [-0.2, 0) is 6.42 Å². The highest BCUT2D eigenvalue weighted by molar-refractivity contribution is 7.07. The molecule has 0 saturated heterocycles. The molecule has 0 aromatic carbocycles. The summed E-state index contributed by atoms with van der Waals surface area (Å²) in [5, 5.41) is 12.1. The van der Waals surface area contributed by atoms with E-state index in [0.717, 1.165) is 6.42 Å². The second kappa shape index (κ2) is 4.92. The van der Waals surface area contributed by atoms with Crippen LogP contribution < -0.4 is 5.32 Å². The van der Waals surface area contributed by atoms with Gasteiger partial charge in [-0.3, -0.25) is 0 Å². The van der Waals surface area contributed by atoms with Crippen molar-refractivity contribution < 1.29 is 0 Å². The summed E-state index contributed by atoms with van der Waals surface area (Å²) < 4.78 is 1.92. The van der Waals surface area contributed by atoms with Crippen molar-refractivity contribution in [3.63, 3.8) is 0 Å². The van der Waals surface area contributed by atoms with Crippen LogP contribution in [0.2, 0.25) is 0 Å². The molecule has 3 aromatic heterocycles. The third-order valence-electron chi connectivity index (χ3n) is 3.20. The van der Waals surface area contributed by atoms with Gasteiger partial charge < -0.3 is 5.32 Å². The molecule has 0 amide bonds. The highest BCUT2D eigenvalue weighted by atomic mass is 32.1. The van der Waals surface area contributed by atoms with E-state index in [9.17, 15) is 0 Å². The Balaban J connectivity index is 1.96. The lowest BCUT2D eigenvalue weighted by Gasteiger charge is -2.14. The predicted molar refractivity (Wildman–Crippen MR) is 75.0 cm³/mol. The summed E-state index contributed by atoms with van der Waals surface area (Å²) in [6.45, 7) is 0. The minimum absolute atomic E-state index is 0.305. The molecule has 3 aromatic rings. The van der Waals surface area contributed by atoms with Gasteiger partial charge in [0.2, 0.25) is 0 Å². The lowest BCUT2D eigenvalue weighted by atomic mass is 10.0. The number of aromatic nitrogens is 2. The predicted octanol–water partition coefficient (Wildman–Crippen LogP) is 2.90. The van der Waals surface area contributed by atoms with Crippen molar-refractivity contribution in [3.8, 4) is 0 Å². The van der Waals surface area contributed by atoms with Crippen molar-refractivity contribution in [1.82, 2.24) is 14.9 Å². The van der Waals surface area contributed by atoms with Gasteiger partial charge in [0.05, 0.1) is 11.7 Å². The van der Waals surface area contributed by atoms with Crippen molar-refractivity contribution in [2.24, 2.45) is 0 Å². The molecule has 0 aliphatic heterocycles. The fourth-order valence-corrected chi connectivity index (χ4v) is 2.92. The average molecular weight is 257 g/mol. The molecule has 0 aliphatic rings.